The molecule has 34 heavy (non-hydrogen) atoms. The molecule has 2 aromatic heterocycles. The average Bonchev–Trinajstić information content (AvgIpc) is 3.36. The zero-order valence-corrected chi connectivity index (χ0v) is 21.3. The summed E-state index contributed by atoms with van der Waals surface area (Å²) < 4.78 is 35.8. The third-order valence-corrected chi connectivity index (χ3v) is 7.89. The van der Waals surface area contributed by atoms with Crippen molar-refractivity contribution in [2.75, 3.05) is 12.4 Å². The van der Waals surface area contributed by atoms with E-state index in [-0.39, 0.29) is 15.9 Å². The quantitative estimate of drug-likeness (QED) is 0.385. The van der Waals surface area contributed by atoms with Crippen LogP contribution >= 0.6 is 11.5 Å². The van der Waals surface area contributed by atoms with E-state index in [9.17, 15) is 18.5 Å². The van der Waals surface area contributed by atoms with E-state index in [1.807, 2.05) is 55.7 Å². The normalized spacial score (nSPS) is 12.0. The molecule has 0 unspecified atom stereocenters. The number of aromatic nitrogens is 3. The predicted molar refractivity (Wildman–Crippen MR) is 131 cm³/mol. The highest BCUT2D eigenvalue weighted by molar-refractivity contribution is 7.91. The molecule has 1 aromatic carbocycles. The van der Waals surface area contributed by atoms with Crippen LogP contribution in [0.2, 0.25) is 0 Å². The fourth-order valence-electron chi connectivity index (χ4n) is 3.33. The Morgan fingerprint density at radius 3 is 2.59 bits per heavy atom. The van der Waals surface area contributed by atoms with E-state index in [2.05, 4.69) is 14.7 Å². The van der Waals surface area contributed by atoms with Crippen LogP contribution in [0.1, 0.15) is 36.4 Å². The fourth-order valence-corrected chi connectivity index (χ4v) is 5.03. The Morgan fingerprint density at radius 1 is 1.26 bits per heavy atom. The number of anilines is 1. The molecule has 0 spiro atoms. The lowest BCUT2D eigenvalue weighted by atomic mass is 10.1. The Labute approximate surface area is 202 Å². The zero-order valence-electron chi connectivity index (χ0n) is 19.7. The highest BCUT2D eigenvalue weighted by Gasteiger charge is 2.25. The van der Waals surface area contributed by atoms with Gasteiger partial charge in [0.2, 0.25) is 15.0 Å². The van der Waals surface area contributed by atoms with Crippen molar-refractivity contribution in [1.82, 2.24) is 13.9 Å². The number of hydrogen-bond acceptors (Lipinski definition) is 8. The highest BCUT2D eigenvalue weighted by atomic mass is 32.2. The minimum atomic E-state index is -3.66. The molecule has 178 valence electrons. The Hall–Kier alpha value is -3.49. The number of carbonyl (C=O) groups is 1. The van der Waals surface area contributed by atoms with E-state index in [1.165, 1.54) is 19.9 Å². The lowest BCUT2D eigenvalue weighted by Gasteiger charge is -2.14. The number of hydrogen-bond donors (Lipinski definition) is 1. The number of sulfone groups is 1. The van der Waals surface area contributed by atoms with Crippen molar-refractivity contribution < 1.29 is 17.9 Å². The van der Waals surface area contributed by atoms with Gasteiger partial charge in [-0.3, -0.25) is 10.1 Å². The van der Waals surface area contributed by atoms with Gasteiger partial charge in [-0.1, -0.05) is 6.07 Å². The van der Waals surface area contributed by atoms with Gasteiger partial charge in [-0.25, -0.2) is 8.42 Å². The van der Waals surface area contributed by atoms with Crippen LogP contribution in [-0.4, -0.2) is 40.6 Å². The first-order valence-electron chi connectivity index (χ1n) is 10.3. The van der Waals surface area contributed by atoms with Crippen molar-refractivity contribution in [1.29, 1.82) is 5.26 Å². The van der Waals surface area contributed by atoms with Gasteiger partial charge in [-0.05, 0) is 70.0 Å². The minimum Gasteiger partial charge on any atom is -0.495 e. The van der Waals surface area contributed by atoms with Crippen molar-refractivity contribution in [3.05, 3.63) is 52.4 Å². The van der Waals surface area contributed by atoms with Gasteiger partial charge in [-0.15, -0.1) is 0 Å². The largest absolute Gasteiger partial charge is 0.495 e. The average molecular weight is 500 g/mol. The molecule has 0 saturated carbocycles. The summed E-state index contributed by atoms with van der Waals surface area (Å²) in [7, 11) is -2.06. The summed E-state index contributed by atoms with van der Waals surface area (Å²) in [6.45, 7) is 8.85. The molecule has 1 N–H and O–H groups in total. The standard InChI is InChI=1S/C23H25N5O4S2/c1-13(2)34(30,31)23-26-22(33-27-23)25-21(29)18(12-24)11-17-10-15(4)28(16(17)5)19-9-14(3)7-8-20(19)32-6/h7-11,13H,1-6H3,(H,25,26,27,29). The molecule has 2 heterocycles. The molecule has 0 atom stereocenters. The topological polar surface area (TPSA) is 127 Å². The first kappa shape index (κ1) is 25.1. The van der Waals surface area contributed by atoms with Crippen LogP contribution in [0.5, 0.6) is 5.75 Å². The summed E-state index contributed by atoms with van der Waals surface area (Å²) in [5.41, 5.74) is 4.18. The zero-order chi connectivity index (χ0) is 25.2. The van der Waals surface area contributed by atoms with Crippen LogP contribution in [-0.2, 0) is 14.6 Å². The molecular formula is C23H25N5O4S2. The molecule has 0 fully saturated rings. The van der Waals surface area contributed by atoms with Crippen LogP contribution in [0.15, 0.2) is 35.0 Å². The summed E-state index contributed by atoms with van der Waals surface area (Å²) in [5.74, 6) is -0.00492. The van der Waals surface area contributed by atoms with Crippen LogP contribution in [0.4, 0.5) is 5.13 Å². The molecule has 0 aliphatic heterocycles. The Morgan fingerprint density at radius 2 is 1.97 bits per heavy atom. The summed E-state index contributed by atoms with van der Waals surface area (Å²) in [5, 5.41) is 11.0. The number of rotatable bonds is 7. The van der Waals surface area contributed by atoms with E-state index >= 15 is 0 Å². The van der Waals surface area contributed by atoms with Gasteiger partial charge >= 0.3 is 0 Å². The van der Waals surface area contributed by atoms with Gasteiger partial charge < -0.3 is 9.30 Å². The molecule has 0 bridgehead atoms. The number of nitrogens with zero attached hydrogens (tertiary/aromatic N) is 4. The van der Waals surface area contributed by atoms with Crippen LogP contribution in [0.3, 0.4) is 0 Å². The summed E-state index contributed by atoms with van der Waals surface area (Å²) in [6, 6.07) is 9.63. The Balaban J connectivity index is 1.93. The minimum absolute atomic E-state index is 0.000319. The van der Waals surface area contributed by atoms with Crippen LogP contribution < -0.4 is 10.1 Å². The van der Waals surface area contributed by atoms with Crippen molar-refractivity contribution in [2.24, 2.45) is 0 Å². The molecule has 0 radical (unpaired) electrons. The lowest BCUT2D eigenvalue weighted by molar-refractivity contribution is -0.112. The molecule has 0 aliphatic carbocycles. The maximum atomic E-state index is 12.7. The number of nitrogens with one attached hydrogen (secondary N) is 1. The van der Waals surface area contributed by atoms with Crippen molar-refractivity contribution in [3.8, 4) is 17.5 Å². The van der Waals surface area contributed by atoms with Crippen molar-refractivity contribution in [3.63, 3.8) is 0 Å². The maximum absolute atomic E-state index is 12.7. The molecule has 1 amide bonds. The second-order valence-electron chi connectivity index (χ2n) is 7.94. The maximum Gasteiger partial charge on any atom is 0.268 e. The first-order chi connectivity index (χ1) is 16.0. The van der Waals surface area contributed by atoms with Gasteiger partial charge in [-0.2, -0.15) is 14.6 Å². The fraction of sp³-hybridized carbons (Fsp3) is 0.304. The third-order valence-electron chi connectivity index (χ3n) is 5.21. The smallest absolute Gasteiger partial charge is 0.268 e. The molecule has 3 aromatic rings. The monoisotopic (exact) mass is 499 g/mol. The SMILES string of the molecule is COc1ccc(C)cc1-n1c(C)cc(C=C(C#N)C(=O)Nc2nc(S(=O)(=O)C(C)C)ns2)c1C. The van der Waals surface area contributed by atoms with E-state index in [0.29, 0.717) is 11.3 Å². The van der Waals surface area contributed by atoms with Gasteiger partial charge in [0.1, 0.15) is 17.4 Å². The summed E-state index contributed by atoms with van der Waals surface area (Å²) >= 11 is 0.742. The number of benzene rings is 1. The molecule has 9 nitrogen and oxygen atoms in total. The number of aryl methyl sites for hydroxylation is 2. The Bertz CT molecular complexity index is 1430. The van der Waals surface area contributed by atoms with E-state index in [1.54, 1.807) is 7.11 Å². The second kappa shape index (κ2) is 9.79. The summed E-state index contributed by atoms with van der Waals surface area (Å²) in [4.78, 5) is 16.6. The predicted octanol–water partition coefficient (Wildman–Crippen LogP) is 3.99. The van der Waals surface area contributed by atoms with Crippen molar-refractivity contribution in [2.45, 2.75) is 45.0 Å². The number of nitriles is 1. The van der Waals surface area contributed by atoms with Crippen LogP contribution in [0.25, 0.3) is 11.8 Å². The third kappa shape index (κ3) is 4.88. The number of methoxy groups -OCH3 is 1. The molecule has 0 saturated heterocycles. The first-order valence-corrected chi connectivity index (χ1v) is 12.7. The highest BCUT2D eigenvalue weighted by Crippen LogP contribution is 2.30. The van der Waals surface area contributed by atoms with Gasteiger partial charge in [0.25, 0.3) is 11.1 Å². The molecule has 0 aliphatic rings. The van der Waals surface area contributed by atoms with Crippen molar-refractivity contribution >= 4 is 38.5 Å². The van der Waals surface area contributed by atoms with Gasteiger partial charge in [0.05, 0.1) is 18.0 Å². The van der Waals surface area contributed by atoms with E-state index < -0.39 is 21.0 Å². The lowest BCUT2D eigenvalue weighted by Crippen LogP contribution is -2.16. The Kier molecular flexibility index (Phi) is 7.24. The van der Waals surface area contributed by atoms with Gasteiger partial charge in [0, 0.05) is 22.9 Å². The summed E-state index contributed by atoms with van der Waals surface area (Å²) in [6.07, 6.45) is 1.49. The molecule has 11 heteroatoms. The van der Waals surface area contributed by atoms with Crippen LogP contribution in [0, 0.1) is 32.1 Å². The van der Waals surface area contributed by atoms with E-state index in [0.717, 1.165) is 34.2 Å². The molecule has 3 rings (SSSR count). The number of amides is 1. The van der Waals surface area contributed by atoms with Gasteiger partial charge in [0.15, 0.2) is 0 Å². The number of ether oxygens (including phenoxy) is 1. The second-order valence-corrected chi connectivity index (χ2v) is 11.1. The number of carbonyl (C=O) groups excluding carboxylic acids is 1. The van der Waals surface area contributed by atoms with E-state index in [4.69, 9.17) is 4.74 Å². The molecular weight excluding hydrogens is 474 g/mol.